The minimum atomic E-state index is -0.915. The van der Waals surface area contributed by atoms with Gasteiger partial charge in [0, 0.05) is 54.8 Å². The van der Waals surface area contributed by atoms with Gasteiger partial charge in [-0.05, 0) is 151 Å². The number of nitrogens with zero attached hydrogens (tertiary/aromatic N) is 2. The van der Waals surface area contributed by atoms with E-state index in [1.807, 2.05) is 0 Å². The van der Waals surface area contributed by atoms with Gasteiger partial charge in [0.1, 0.15) is 11.2 Å². The number of furan rings is 2. The number of benzene rings is 16. The third-order valence-electron chi connectivity index (χ3n) is 20.8. The molecule has 2 heterocycles. The first-order chi connectivity index (χ1) is 49.0. The Labute approximate surface area is 574 Å². The van der Waals surface area contributed by atoms with E-state index in [0.717, 1.165) is 155 Å². The zero-order valence-electron chi connectivity index (χ0n) is 54.7. The molecule has 0 saturated heterocycles. The molecule has 16 aromatic carbocycles. The fraction of sp³-hybridized carbons (Fsp3) is 0.0316. The maximum absolute atomic E-state index is 7.51. The molecule has 0 unspecified atom stereocenters. The van der Waals surface area contributed by atoms with Gasteiger partial charge in [-0.15, -0.1) is 0 Å². The number of para-hydroxylation sites is 4. The molecule has 4 nitrogen and oxygen atoms in total. The van der Waals surface area contributed by atoms with Crippen LogP contribution >= 0.6 is 0 Å². The Morgan fingerprint density at radius 3 is 0.960 bits per heavy atom. The van der Waals surface area contributed by atoms with Crippen LogP contribution in [-0.2, 0) is 5.41 Å². The highest BCUT2D eigenvalue weighted by Gasteiger charge is 2.49. The summed E-state index contributed by atoms with van der Waals surface area (Å²) >= 11 is 0. The Balaban J connectivity index is 0.931. The Morgan fingerprint density at radius 2 is 0.545 bits per heavy atom. The van der Waals surface area contributed by atoms with Crippen molar-refractivity contribution in [1.82, 2.24) is 0 Å². The minimum absolute atomic E-state index is 0.807. The summed E-state index contributed by atoms with van der Waals surface area (Å²) in [6, 6.07) is 129. The molecule has 0 atom stereocenters. The zero-order chi connectivity index (χ0) is 65.7. The van der Waals surface area contributed by atoms with E-state index in [1.54, 1.807) is 0 Å². The van der Waals surface area contributed by atoms with E-state index in [9.17, 15) is 0 Å². The van der Waals surface area contributed by atoms with E-state index in [0.29, 0.717) is 0 Å². The largest absolute Gasteiger partial charge is 0.453 e. The maximum atomic E-state index is 7.51. The summed E-state index contributed by atoms with van der Waals surface area (Å²) in [5.41, 5.74) is 26.7. The summed E-state index contributed by atoms with van der Waals surface area (Å²) in [6.07, 6.45) is 0. The molecular weight excluding hydrogens is 1200 g/mol. The van der Waals surface area contributed by atoms with Gasteiger partial charge in [0.25, 0.3) is 0 Å². The highest BCUT2D eigenvalue weighted by atomic mass is 16.3. The van der Waals surface area contributed by atoms with Crippen molar-refractivity contribution >= 4 is 99.5 Å². The van der Waals surface area contributed by atoms with Crippen molar-refractivity contribution in [3.05, 3.63) is 385 Å². The predicted molar refractivity (Wildman–Crippen MR) is 414 cm³/mol. The number of hydrogen-bond acceptors (Lipinski definition) is 4. The Bertz CT molecular complexity index is 5830. The molecule has 1 aliphatic carbocycles. The third-order valence-corrected chi connectivity index (χ3v) is 20.8. The lowest BCUT2D eigenvalue weighted by molar-refractivity contribution is 0.670. The van der Waals surface area contributed by atoms with Gasteiger partial charge in [0.05, 0.1) is 28.2 Å². The first-order valence-electron chi connectivity index (χ1n) is 34.1. The van der Waals surface area contributed by atoms with E-state index in [1.165, 1.54) is 33.4 Å². The van der Waals surface area contributed by atoms with Crippen LogP contribution in [0.4, 0.5) is 34.1 Å². The van der Waals surface area contributed by atoms with E-state index < -0.39 is 5.41 Å². The van der Waals surface area contributed by atoms with Gasteiger partial charge in [-0.2, -0.15) is 0 Å². The summed E-state index contributed by atoms with van der Waals surface area (Å²) in [4.78, 5) is 4.97. The van der Waals surface area contributed by atoms with Crippen LogP contribution in [-0.4, -0.2) is 0 Å². The standard InChI is InChI=1S/C95H64N2O2/c1-61-29-15-17-43-71(61)77-49-25-51-79-81-53-27-55-85(93(81)98-91(77)79)96(69-41-23-35-65(57-69)63-31-7-3-8-32-63)87-59-83-89(75-47-21-19-45-73(75)87)90-76-48-22-20-46-74(76)88(60-84(90)95(83,67-37-11-5-12-38-67)68-39-13-6-14-40-68)97(70-42-24-36-66(58-70)64-33-9-4-10-34-64)86-56-28-54-82-80-52-26-50-78(92(80)99-94(82)86)72-44-18-16-30-62(72)2/h3-60H,1-2H3. The third kappa shape index (κ3) is 9.07. The molecular formula is C95H64N2O2. The van der Waals surface area contributed by atoms with Crippen LogP contribution in [0.25, 0.3) is 121 Å². The molecule has 0 aliphatic heterocycles. The van der Waals surface area contributed by atoms with Crippen LogP contribution in [0, 0.1) is 13.8 Å². The van der Waals surface area contributed by atoms with Crippen LogP contribution < -0.4 is 9.80 Å². The summed E-state index contributed by atoms with van der Waals surface area (Å²) < 4.78 is 15.0. The Hall–Kier alpha value is -12.8. The lowest BCUT2D eigenvalue weighted by atomic mass is 9.67. The van der Waals surface area contributed by atoms with Crippen molar-refractivity contribution in [2.75, 3.05) is 9.80 Å². The van der Waals surface area contributed by atoms with E-state index in [-0.39, 0.29) is 0 Å². The minimum Gasteiger partial charge on any atom is -0.453 e. The van der Waals surface area contributed by atoms with E-state index in [2.05, 4.69) is 375 Å². The van der Waals surface area contributed by atoms with Gasteiger partial charge in [0.15, 0.2) is 11.2 Å². The lowest BCUT2D eigenvalue weighted by Crippen LogP contribution is -2.29. The monoisotopic (exact) mass is 1260 g/mol. The van der Waals surface area contributed by atoms with Gasteiger partial charge in [-0.1, -0.05) is 303 Å². The van der Waals surface area contributed by atoms with Crippen molar-refractivity contribution in [3.63, 3.8) is 0 Å². The van der Waals surface area contributed by atoms with Crippen LogP contribution in [0.3, 0.4) is 0 Å². The second-order valence-corrected chi connectivity index (χ2v) is 26.2. The molecule has 0 saturated carbocycles. The predicted octanol–water partition coefficient (Wildman–Crippen LogP) is 26.4. The van der Waals surface area contributed by atoms with Gasteiger partial charge >= 0.3 is 0 Å². The summed E-state index contributed by atoms with van der Waals surface area (Å²) in [7, 11) is 0. The SMILES string of the molecule is Cc1ccccc1-c1cccc2c1oc1c(N(c3cccc(-c4ccccc4)c3)c3cc4c(c5ccccc35)-c3c(cc(N(c5cccc(-c6ccccc6)c5)c5cccc6c5oc5c(-c7ccccc7C)cccc56)c5ccccc35)C4(c3ccccc3)c3ccccc3)cccc12. The molecule has 466 valence electrons. The molecule has 0 radical (unpaired) electrons. The van der Waals surface area contributed by atoms with E-state index >= 15 is 0 Å². The van der Waals surface area contributed by atoms with Gasteiger partial charge in [-0.25, -0.2) is 0 Å². The topological polar surface area (TPSA) is 32.8 Å². The molecule has 0 spiro atoms. The smallest absolute Gasteiger partial charge is 0.159 e. The zero-order valence-corrected chi connectivity index (χ0v) is 54.7. The summed E-state index contributed by atoms with van der Waals surface area (Å²) in [6.45, 7) is 4.36. The highest BCUT2D eigenvalue weighted by molar-refractivity contribution is 6.21. The molecule has 2 aromatic heterocycles. The fourth-order valence-corrected chi connectivity index (χ4v) is 16.4. The molecule has 0 fully saturated rings. The fourth-order valence-electron chi connectivity index (χ4n) is 16.4. The first kappa shape index (κ1) is 57.7. The lowest BCUT2D eigenvalue weighted by Gasteiger charge is -2.36. The molecule has 1 aliphatic rings. The van der Waals surface area contributed by atoms with Crippen LogP contribution in [0.5, 0.6) is 0 Å². The van der Waals surface area contributed by atoms with Crippen LogP contribution in [0.2, 0.25) is 0 Å². The van der Waals surface area contributed by atoms with Crippen molar-refractivity contribution < 1.29 is 8.83 Å². The number of fused-ring (bicyclic) bond motifs is 13. The highest BCUT2D eigenvalue weighted by Crippen LogP contribution is 2.63. The number of anilines is 6. The van der Waals surface area contributed by atoms with E-state index in [4.69, 9.17) is 8.83 Å². The molecule has 4 heteroatoms. The molecule has 0 amide bonds. The first-order valence-corrected chi connectivity index (χ1v) is 34.1. The van der Waals surface area contributed by atoms with Gasteiger partial charge in [-0.3, -0.25) is 0 Å². The van der Waals surface area contributed by atoms with Crippen molar-refractivity contribution in [2.24, 2.45) is 0 Å². The molecule has 0 bridgehead atoms. The van der Waals surface area contributed by atoms with Crippen molar-refractivity contribution in [1.29, 1.82) is 0 Å². The molecule has 99 heavy (non-hydrogen) atoms. The Kier molecular flexibility index (Phi) is 13.6. The average molecular weight is 1270 g/mol. The Morgan fingerprint density at radius 1 is 0.232 bits per heavy atom. The maximum Gasteiger partial charge on any atom is 0.159 e. The number of aryl methyl sites for hydroxylation is 2. The second kappa shape index (κ2) is 23.3. The quantitative estimate of drug-likeness (QED) is 0.122. The van der Waals surface area contributed by atoms with Gasteiger partial charge in [0.2, 0.25) is 0 Å². The van der Waals surface area contributed by atoms with Gasteiger partial charge < -0.3 is 18.6 Å². The van der Waals surface area contributed by atoms with Crippen molar-refractivity contribution in [2.45, 2.75) is 19.3 Å². The molecule has 19 rings (SSSR count). The van der Waals surface area contributed by atoms with Crippen LogP contribution in [0.1, 0.15) is 33.4 Å². The molecule has 0 N–H and O–H groups in total. The van der Waals surface area contributed by atoms with Crippen LogP contribution in [0.15, 0.2) is 361 Å². The average Bonchev–Trinajstić information content (AvgIpc) is 1.47. The summed E-state index contributed by atoms with van der Waals surface area (Å²) in [5, 5.41) is 8.73. The van der Waals surface area contributed by atoms with Crippen molar-refractivity contribution in [3.8, 4) is 55.6 Å². The normalized spacial score (nSPS) is 12.4. The second-order valence-electron chi connectivity index (χ2n) is 26.2. The number of rotatable bonds is 12. The summed E-state index contributed by atoms with van der Waals surface area (Å²) in [5.74, 6) is 0. The molecule has 18 aromatic rings. The number of hydrogen-bond donors (Lipinski definition) is 0.